The molecule has 3 nitrogen and oxygen atoms in total. The molecular formula is C19H20N2O. The highest BCUT2D eigenvalue weighted by atomic mass is 16.3. The van der Waals surface area contributed by atoms with Crippen molar-refractivity contribution in [1.29, 1.82) is 0 Å². The first-order chi connectivity index (χ1) is 10.5. The molecule has 0 bridgehead atoms. The van der Waals surface area contributed by atoms with Gasteiger partial charge in [0.1, 0.15) is 0 Å². The van der Waals surface area contributed by atoms with Crippen molar-refractivity contribution in [3.05, 3.63) is 65.9 Å². The molecule has 112 valence electrons. The van der Waals surface area contributed by atoms with E-state index in [-0.39, 0.29) is 0 Å². The molecule has 3 rings (SSSR count). The minimum absolute atomic E-state index is 0.416. The monoisotopic (exact) mass is 292 g/mol. The number of pyridine rings is 1. The van der Waals surface area contributed by atoms with Gasteiger partial charge in [0, 0.05) is 17.5 Å². The van der Waals surface area contributed by atoms with Crippen molar-refractivity contribution in [3.63, 3.8) is 0 Å². The summed E-state index contributed by atoms with van der Waals surface area (Å²) >= 11 is 0. The van der Waals surface area contributed by atoms with Crippen LogP contribution < -0.4 is 5.73 Å². The van der Waals surface area contributed by atoms with Crippen molar-refractivity contribution >= 4 is 10.8 Å². The molecule has 0 radical (unpaired) electrons. The number of rotatable bonds is 3. The van der Waals surface area contributed by atoms with Gasteiger partial charge in [-0.2, -0.15) is 0 Å². The lowest BCUT2D eigenvalue weighted by Crippen LogP contribution is -2.14. The van der Waals surface area contributed by atoms with Gasteiger partial charge in [0.05, 0.1) is 17.0 Å². The maximum absolute atomic E-state index is 10.1. The third kappa shape index (κ3) is 2.73. The van der Waals surface area contributed by atoms with Gasteiger partial charge < -0.3 is 10.8 Å². The predicted molar refractivity (Wildman–Crippen MR) is 90.3 cm³/mol. The zero-order chi connectivity index (χ0) is 15.7. The summed E-state index contributed by atoms with van der Waals surface area (Å²) in [6.07, 6.45) is 0. The Morgan fingerprint density at radius 2 is 1.73 bits per heavy atom. The molecule has 2 aromatic carbocycles. The lowest BCUT2D eigenvalue weighted by Gasteiger charge is -2.18. The van der Waals surface area contributed by atoms with E-state index in [9.17, 15) is 5.11 Å². The van der Waals surface area contributed by atoms with E-state index in [1.807, 2.05) is 42.5 Å². The molecule has 3 aromatic rings. The number of hydrogen-bond acceptors (Lipinski definition) is 3. The van der Waals surface area contributed by atoms with Crippen LogP contribution in [-0.2, 0) is 12.1 Å². The topological polar surface area (TPSA) is 59.1 Å². The van der Waals surface area contributed by atoms with Crippen molar-refractivity contribution in [1.82, 2.24) is 4.98 Å². The molecule has 0 atom stereocenters. The van der Waals surface area contributed by atoms with Gasteiger partial charge >= 0.3 is 0 Å². The summed E-state index contributed by atoms with van der Waals surface area (Å²) in [5.74, 6) is 0. The molecule has 0 saturated heterocycles. The fourth-order valence-corrected chi connectivity index (χ4v) is 2.61. The van der Waals surface area contributed by atoms with Crippen LogP contribution in [0.15, 0.2) is 54.6 Å². The first-order valence-corrected chi connectivity index (χ1v) is 7.41. The molecular weight excluding hydrogens is 272 g/mol. The van der Waals surface area contributed by atoms with Gasteiger partial charge in [-0.05, 0) is 30.9 Å². The van der Waals surface area contributed by atoms with Crippen LogP contribution in [0.1, 0.15) is 25.1 Å². The molecule has 0 unspecified atom stereocenters. The van der Waals surface area contributed by atoms with Crippen molar-refractivity contribution < 1.29 is 5.11 Å². The van der Waals surface area contributed by atoms with Crippen LogP contribution in [0.3, 0.4) is 0 Å². The highest BCUT2D eigenvalue weighted by molar-refractivity contribution is 5.94. The van der Waals surface area contributed by atoms with Gasteiger partial charge in [0.25, 0.3) is 0 Å². The Bertz CT molecular complexity index is 802. The average Bonchev–Trinajstić information content (AvgIpc) is 2.53. The van der Waals surface area contributed by atoms with Crippen molar-refractivity contribution in [3.8, 4) is 11.3 Å². The van der Waals surface area contributed by atoms with Crippen LogP contribution in [-0.4, -0.2) is 10.1 Å². The second kappa shape index (κ2) is 5.52. The second-order valence-corrected chi connectivity index (χ2v) is 6.02. The summed E-state index contributed by atoms with van der Waals surface area (Å²) in [6.45, 7) is 3.98. The molecule has 0 spiro atoms. The minimum atomic E-state index is -0.840. The standard InChI is InChI=1S/C19H20N2O/c1-19(2,22)15-9-7-13(8-10-15)18-17-6-4-3-5-14(17)11-16(12-20)21-18/h3-11,22H,12,20H2,1-2H3. The third-order valence-corrected chi connectivity index (χ3v) is 3.87. The summed E-state index contributed by atoms with van der Waals surface area (Å²) in [4.78, 5) is 4.69. The quantitative estimate of drug-likeness (QED) is 0.775. The van der Waals surface area contributed by atoms with E-state index in [4.69, 9.17) is 10.7 Å². The smallest absolute Gasteiger partial charge is 0.0840 e. The number of aliphatic hydroxyl groups is 1. The van der Waals surface area contributed by atoms with Crippen LogP contribution in [0.5, 0.6) is 0 Å². The Balaban J connectivity index is 2.17. The summed E-state index contributed by atoms with van der Waals surface area (Å²) in [7, 11) is 0. The molecule has 3 heteroatoms. The SMILES string of the molecule is CC(C)(O)c1ccc(-c2nc(CN)cc3ccccc23)cc1. The van der Waals surface area contributed by atoms with Crippen molar-refractivity contribution in [2.45, 2.75) is 26.0 Å². The number of nitrogens with two attached hydrogens (primary N) is 1. The largest absolute Gasteiger partial charge is 0.386 e. The van der Waals surface area contributed by atoms with E-state index in [1.54, 1.807) is 13.8 Å². The van der Waals surface area contributed by atoms with Gasteiger partial charge in [-0.3, -0.25) is 4.98 Å². The zero-order valence-corrected chi connectivity index (χ0v) is 12.9. The van der Waals surface area contributed by atoms with E-state index in [0.29, 0.717) is 6.54 Å². The summed E-state index contributed by atoms with van der Waals surface area (Å²) in [5, 5.41) is 12.3. The second-order valence-electron chi connectivity index (χ2n) is 6.02. The van der Waals surface area contributed by atoms with Gasteiger partial charge in [-0.15, -0.1) is 0 Å². The van der Waals surface area contributed by atoms with Gasteiger partial charge in [-0.25, -0.2) is 0 Å². The molecule has 0 aliphatic rings. The Morgan fingerprint density at radius 1 is 1.05 bits per heavy atom. The van der Waals surface area contributed by atoms with Crippen molar-refractivity contribution in [2.24, 2.45) is 5.73 Å². The Morgan fingerprint density at radius 3 is 2.36 bits per heavy atom. The van der Waals surface area contributed by atoms with E-state index < -0.39 is 5.60 Å². The number of aromatic nitrogens is 1. The lowest BCUT2D eigenvalue weighted by atomic mass is 9.95. The molecule has 0 aliphatic carbocycles. The number of benzene rings is 2. The van der Waals surface area contributed by atoms with Gasteiger partial charge in [0.15, 0.2) is 0 Å². The molecule has 0 aliphatic heterocycles. The molecule has 0 amide bonds. The van der Waals surface area contributed by atoms with E-state index >= 15 is 0 Å². The molecule has 3 N–H and O–H groups in total. The zero-order valence-electron chi connectivity index (χ0n) is 12.9. The van der Waals surface area contributed by atoms with Crippen LogP contribution in [0, 0.1) is 0 Å². The Hall–Kier alpha value is -2.23. The Kier molecular flexibility index (Phi) is 3.69. The number of nitrogens with zero attached hydrogens (tertiary/aromatic N) is 1. The highest BCUT2D eigenvalue weighted by Gasteiger charge is 2.16. The van der Waals surface area contributed by atoms with Gasteiger partial charge in [0.2, 0.25) is 0 Å². The summed E-state index contributed by atoms with van der Waals surface area (Å²) in [5.41, 5.74) is 8.65. The molecule has 0 saturated carbocycles. The van der Waals surface area contributed by atoms with Gasteiger partial charge in [-0.1, -0.05) is 48.5 Å². The van der Waals surface area contributed by atoms with Crippen LogP contribution in [0.4, 0.5) is 0 Å². The van der Waals surface area contributed by atoms with E-state index in [2.05, 4.69) is 12.1 Å². The number of hydrogen-bond donors (Lipinski definition) is 2. The summed E-state index contributed by atoms with van der Waals surface area (Å²) < 4.78 is 0. The maximum Gasteiger partial charge on any atom is 0.0840 e. The molecule has 0 fully saturated rings. The number of fused-ring (bicyclic) bond motifs is 1. The van der Waals surface area contributed by atoms with Crippen LogP contribution >= 0.6 is 0 Å². The molecule has 1 aromatic heterocycles. The Labute approximate surface area is 130 Å². The molecule has 1 heterocycles. The van der Waals surface area contributed by atoms with Crippen LogP contribution in [0.25, 0.3) is 22.0 Å². The van der Waals surface area contributed by atoms with Crippen LogP contribution in [0.2, 0.25) is 0 Å². The maximum atomic E-state index is 10.1. The average molecular weight is 292 g/mol. The summed E-state index contributed by atoms with van der Waals surface area (Å²) in [6, 6.07) is 18.1. The lowest BCUT2D eigenvalue weighted by molar-refractivity contribution is 0.0786. The molecule has 22 heavy (non-hydrogen) atoms. The van der Waals surface area contributed by atoms with Crippen molar-refractivity contribution in [2.75, 3.05) is 0 Å². The first-order valence-electron chi connectivity index (χ1n) is 7.41. The fraction of sp³-hybridized carbons (Fsp3) is 0.211. The van der Waals surface area contributed by atoms with E-state index in [1.165, 1.54) is 0 Å². The third-order valence-electron chi connectivity index (χ3n) is 3.87. The highest BCUT2D eigenvalue weighted by Crippen LogP contribution is 2.29. The predicted octanol–water partition coefficient (Wildman–Crippen LogP) is 3.59. The fourth-order valence-electron chi connectivity index (χ4n) is 2.61. The minimum Gasteiger partial charge on any atom is -0.386 e. The normalized spacial score (nSPS) is 11.8. The first kappa shape index (κ1) is 14.7. The van der Waals surface area contributed by atoms with E-state index in [0.717, 1.165) is 33.3 Å².